The normalized spacial score (nSPS) is 49.8. The molecular weight excluding hydrogens is 396 g/mol. The van der Waals surface area contributed by atoms with Gasteiger partial charge in [0.25, 0.3) is 0 Å². The van der Waals surface area contributed by atoms with Gasteiger partial charge in [0.2, 0.25) is 0 Å². The lowest BCUT2D eigenvalue weighted by Gasteiger charge is -2.64. The van der Waals surface area contributed by atoms with Crippen LogP contribution in [0.1, 0.15) is 112 Å². The van der Waals surface area contributed by atoms with Crippen LogP contribution in [0.2, 0.25) is 0 Å². The summed E-state index contributed by atoms with van der Waals surface area (Å²) in [5, 5.41) is 21.4. The van der Waals surface area contributed by atoms with Crippen LogP contribution in [-0.2, 0) is 4.74 Å². The first-order chi connectivity index (χ1) is 14.9. The molecule has 4 rings (SSSR count). The molecule has 2 N–H and O–H groups in total. The van der Waals surface area contributed by atoms with E-state index >= 15 is 0 Å². The van der Waals surface area contributed by atoms with Gasteiger partial charge in [0.05, 0.1) is 17.3 Å². The molecule has 0 unspecified atom stereocenters. The van der Waals surface area contributed by atoms with Crippen LogP contribution in [0.5, 0.6) is 0 Å². The van der Waals surface area contributed by atoms with Crippen molar-refractivity contribution in [1.82, 2.24) is 0 Å². The van der Waals surface area contributed by atoms with Crippen LogP contribution in [0.4, 0.5) is 0 Å². The zero-order valence-corrected chi connectivity index (χ0v) is 22.1. The van der Waals surface area contributed by atoms with E-state index in [9.17, 15) is 10.2 Å². The molecule has 0 aliphatic heterocycles. The maximum absolute atomic E-state index is 11.1. The van der Waals surface area contributed by atoms with Crippen molar-refractivity contribution in [3.05, 3.63) is 0 Å². The predicted octanol–water partition coefficient (Wildman–Crippen LogP) is 6.60. The van der Waals surface area contributed by atoms with Crippen molar-refractivity contribution < 1.29 is 14.9 Å². The van der Waals surface area contributed by atoms with Gasteiger partial charge in [0.15, 0.2) is 0 Å². The van der Waals surface area contributed by atoms with Crippen molar-refractivity contribution >= 4 is 0 Å². The van der Waals surface area contributed by atoms with Gasteiger partial charge in [-0.3, -0.25) is 0 Å². The summed E-state index contributed by atoms with van der Waals surface area (Å²) in [6.45, 7) is 13.7. The van der Waals surface area contributed by atoms with E-state index in [1.807, 2.05) is 21.0 Å². The molecule has 0 saturated heterocycles. The smallest absolute Gasteiger partial charge is 0.0648 e. The van der Waals surface area contributed by atoms with Crippen LogP contribution in [0.25, 0.3) is 0 Å². The Hall–Kier alpha value is -0.120. The molecule has 0 bridgehead atoms. The number of hydrogen-bond acceptors (Lipinski definition) is 3. The number of methoxy groups -OCH3 is 1. The van der Waals surface area contributed by atoms with Crippen LogP contribution >= 0.6 is 0 Å². The molecule has 0 heterocycles. The maximum atomic E-state index is 11.1. The Morgan fingerprint density at radius 3 is 2.38 bits per heavy atom. The summed E-state index contributed by atoms with van der Waals surface area (Å²) in [6, 6.07) is 0. The molecule has 0 aromatic carbocycles. The van der Waals surface area contributed by atoms with E-state index < -0.39 is 11.2 Å². The van der Waals surface area contributed by atoms with E-state index in [1.54, 1.807) is 0 Å². The molecule has 0 amide bonds. The van der Waals surface area contributed by atoms with E-state index in [-0.39, 0.29) is 0 Å². The summed E-state index contributed by atoms with van der Waals surface area (Å²) >= 11 is 0. The van der Waals surface area contributed by atoms with E-state index in [0.29, 0.717) is 34.7 Å². The van der Waals surface area contributed by atoms with Crippen molar-refractivity contribution in [1.29, 1.82) is 0 Å². The Kier molecular flexibility index (Phi) is 6.65. The lowest BCUT2D eigenvalue weighted by atomic mass is 9.42. The third-order valence-corrected chi connectivity index (χ3v) is 11.7. The van der Waals surface area contributed by atoms with Gasteiger partial charge in [-0.1, -0.05) is 27.7 Å². The fourth-order valence-corrected chi connectivity index (χ4v) is 9.71. The third kappa shape index (κ3) is 4.11. The van der Waals surface area contributed by atoms with E-state index in [4.69, 9.17) is 4.74 Å². The van der Waals surface area contributed by atoms with Gasteiger partial charge in [-0.05, 0) is 131 Å². The number of aliphatic hydroxyl groups is 2. The maximum Gasteiger partial charge on any atom is 0.0648 e. The van der Waals surface area contributed by atoms with Gasteiger partial charge in [-0.15, -0.1) is 0 Å². The summed E-state index contributed by atoms with van der Waals surface area (Å²) in [6.07, 6.45) is 12.9. The molecule has 32 heavy (non-hydrogen) atoms. The quantitative estimate of drug-likeness (QED) is 0.481. The van der Waals surface area contributed by atoms with Crippen LogP contribution in [0.3, 0.4) is 0 Å². The topological polar surface area (TPSA) is 49.7 Å². The number of ether oxygens (including phenoxy) is 1. The average molecular weight is 449 g/mol. The van der Waals surface area contributed by atoms with E-state index in [0.717, 1.165) is 56.3 Å². The zero-order valence-electron chi connectivity index (χ0n) is 22.1. The molecule has 3 heteroatoms. The van der Waals surface area contributed by atoms with Gasteiger partial charge < -0.3 is 14.9 Å². The highest BCUT2D eigenvalue weighted by Crippen LogP contribution is 2.69. The Balaban J connectivity index is 1.57. The van der Waals surface area contributed by atoms with Crippen molar-refractivity contribution in [2.75, 3.05) is 7.11 Å². The predicted molar refractivity (Wildman–Crippen MR) is 131 cm³/mol. The molecule has 0 spiro atoms. The van der Waals surface area contributed by atoms with Gasteiger partial charge in [0.1, 0.15) is 0 Å². The molecule has 0 aromatic heterocycles. The third-order valence-electron chi connectivity index (χ3n) is 11.7. The number of rotatable bonds is 6. The van der Waals surface area contributed by atoms with Crippen LogP contribution in [-0.4, -0.2) is 34.6 Å². The van der Waals surface area contributed by atoms with Crippen molar-refractivity contribution in [3.8, 4) is 0 Å². The van der Waals surface area contributed by atoms with Crippen LogP contribution < -0.4 is 0 Å². The highest BCUT2D eigenvalue weighted by molar-refractivity contribution is 5.13. The number of fused-ring (bicyclic) bond motifs is 5. The Labute approximate surface area is 198 Å². The lowest BCUT2D eigenvalue weighted by molar-refractivity contribution is -0.199. The molecule has 4 fully saturated rings. The van der Waals surface area contributed by atoms with Gasteiger partial charge in [-0.25, -0.2) is 0 Å². The van der Waals surface area contributed by atoms with Gasteiger partial charge in [-0.2, -0.15) is 0 Å². The molecule has 186 valence electrons. The highest BCUT2D eigenvalue weighted by atomic mass is 16.5. The molecule has 10 atom stereocenters. The molecule has 4 aliphatic carbocycles. The van der Waals surface area contributed by atoms with Crippen LogP contribution in [0.15, 0.2) is 0 Å². The second-order valence-corrected chi connectivity index (χ2v) is 13.9. The highest BCUT2D eigenvalue weighted by Gasteiger charge is 2.64. The molecule has 4 saturated carbocycles. The Morgan fingerprint density at radius 1 is 1.03 bits per heavy atom. The van der Waals surface area contributed by atoms with Gasteiger partial charge >= 0.3 is 0 Å². The largest absolute Gasteiger partial charge is 0.390 e. The fraction of sp³-hybridized carbons (Fsp3) is 1.00. The second kappa shape index (κ2) is 8.52. The van der Waals surface area contributed by atoms with E-state index in [1.165, 1.54) is 32.1 Å². The summed E-state index contributed by atoms with van der Waals surface area (Å²) < 4.78 is 6.37. The fourth-order valence-electron chi connectivity index (χ4n) is 9.71. The van der Waals surface area contributed by atoms with Crippen molar-refractivity contribution in [2.24, 2.45) is 46.3 Å². The summed E-state index contributed by atoms with van der Waals surface area (Å²) in [5.74, 6) is 4.29. The average Bonchev–Trinajstić information content (AvgIpc) is 3.08. The van der Waals surface area contributed by atoms with Crippen molar-refractivity contribution in [2.45, 2.75) is 129 Å². The Bertz CT molecular complexity index is 670. The van der Waals surface area contributed by atoms with Crippen LogP contribution in [0, 0.1) is 46.3 Å². The summed E-state index contributed by atoms with van der Waals surface area (Å²) in [7, 11) is 1.96. The summed E-state index contributed by atoms with van der Waals surface area (Å²) in [4.78, 5) is 0. The van der Waals surface area contributed by atoms with E-state index in [2.05, 4.69) is 27.7 Å². The number of hydrogen-bond donors (Lipinski definition) is 2. The first-order valence-corrected chi connectivity index (χ1v) is 13.8. The minimum Gasteiger partial charge on any atom is -0.390 e. The molecular formula is C29H52O3. The lowest BCUT2D eigenvalue weighted by Crippen LogP contribution is -2.60. The van der Waals surface area contributed by atoms with Crippen molar-refractivity contribution in [3.63, 3.8) is 0 Å². The minimum atomic E-state index is -0.561. The SMILES string of the molecule is CC[C@]1(O)CC[C@@]2(C)[C@@H](CC[C@@H]3[C@@H]2[C@H](OC)C[C@]2(C)[C@@H]([C@H](C)CCC(C)(C)O)CC[C@@H]32)C1. The first-order valence-electron chi connectivity index (χ1n) is 13.8. The van der Waals surface area contributed by atoms with Gasteiger partial charge in [0, 0.05) is 7.11 Å². The molecule has 3 nitrogen and oxygen atoms in total. The zero-order chi connectivity index (χ0) is 23.5. The standard InChI is InChI=1S/C29H52O3/c1-8-29(31)16-15-27(5)20(17-29)9-10-21-23-12-11-22(19(2)13-14-26(3,4)30)28(23,6)18-24(32-7)25(21)27/h19-25,30-31H,8-18H2,1-7H3/t19-,20+,21+,22-,23+,24-,25-,27+,28-,29+/m1/s1. The first kappa shape index (κ1) is 25.0. The Morgan fingerprint density at radius 2 is 1.75 bits per heavy atom. The molecule has 0 aromatic rings. The minimum absolute atomic E-state index is 0.316. The summed E-state index contributed by atoms with van der Waals surface area (Å²) in [5.41, 5.74) is -0.314. The molecule has 4 aliphatic rings. The monoisotopic (exact) mass is 448 g/mol. The molecule has 0 radical (unpaired) electrons. The second-order valence-electron chi connectivity index (χ2n) is 13.9.